The molecule has 16 heavy (non-hydrogen) atoms. The molecule has 90 valence electrons. The summed E-state index contributed by atoms with van der Waals surface area (Å²) in [5.41, 5.74) is 2.88. The lowest BCUT2D eigenvalue weighted by Gasteiger charge is -2.26. The van der Waals surface area contributed by atoms with E-state index in [2.05, 4.69) is 50.9 Å². The number of benzene rings is 1. The van der Waals surface area contributed by atoms with Gasteiger partial charge in [-0.15, -0.1) is 0 Å². The van der Waals surface area contributed by atoms with E-state index in [1.54, 1.807) is 0 Å². The highest BCUT2D eigenvalue weighted by Gasteiger charge is 2.21. The Labute approximate surface area is 105 Å². The van der Waals surface area contributed by atoms with Crippen molar-refractivity contribution in [2.45, 2.75) is 33.1 Å². The molecule has 0 amide bonds. The number of hydrogen-bond donors (Lipinski definition) is 0. The zero-order valence-corrected chi connectivity index (χ0v) is 12.0. The van der Waals surface area contributed by atoms with Crippen LogP contribution in [0.15, 0.2) is 30.8 Å². The average molecular weight is 236 g/mol. The first-order chi connectivity index (χ1) is 7.61. The first-order valence-electron chi connectivity index (χ1n) is 5.82. The van der Waals surface area contributed by atoms with E-state index >= 15 is 0 Å². The average Bonchev–Trinajstić information content (AvgIpc) is 2.31. The van der Waals surface area contributed by atoms with E-state index in [0.29, 0.717) is 0 Å². The topological polar surface area (TPSA) is 0 Å². The van der Waals surface area contributed by atoms with Crippen LogP contribution in [0.25, 0.3) is 6.08 Å². The number of hydrogen-bond acceptors (Lipinski definition) is 1. The fourth-order valence-electron chi connectivity index (χ4n) is 1.73. The Bertz CT molecular complexity index is 313. The molecular weight excluding hydrogens is 212 g/mol. The molecule has 0 aliphatic carbocycles. The van der Waals surface area contributed by atoms with Gasteiger partial charge in [0.15, 0.2) is 0 Å². The molecule has 0 nitrogen and oxygen atoms in total. The van der Waals surface area contributed by atoms with E-state index in [-0.39, 0.29) is 5.41 Å². The predicted molar refractivity (Wildman–Crippen MR) is 79.3 cm³/mol. The van der Waals surface area contributed by atoms with E-state index in [0.717, 1.165) is 5.75 Å². The molecule has 0 aromatic heterocycles. The molecule has 0 bridgehead atoms. The highest BCUT2D eigenvalue weighted by atomic mass is 32.2. The SMILES string of the molecule is C=Cc1ccccc1C(C)(C)CSC.CC. The van der Waals surface area contributed by atoms with Gasteiger partial charge in [-0.05, 0) is 22.8 Å². The Hall–Kier alpha value is -0.690. The molecule has 0 atom stereocenters. The van der Waals surface area contributed by atoms with Crippen LogP contribution in [0, 0.1) is 0 Å². The van der Waals surface area contributed by atoms with Crippen LogP contribution in [0.5, 0.6) is 0 Å². The van der Waals surface area contributed by atoms with Crippen molar-refractivity contribution in [3.05, 3.63) is 42.0 Å². The molecule has 0 fully saturated rings. The van der Waals surface area contributed by atoms with Crippen molar-refractivity contribution in [1.29, 1.82) is 0 Å². The molecule has 0 spiro atoms. The lowest BCUT2D eigenvalue weighted by atomic mass is 9.83. The highest BCUT2D eigenvalue weighted by Crippen LogP contribution is 2.29. The summed E-state index contributed by atoms with van der Waals surface area (Å²) in [4.78, 5) is 0. The summed E-state index contributed by atoms with van der Waals surface area (Å²) in [7, 11) is 0. The van der Waals surface area contributed by atoms with E-state index in [9.17, 15) is 0 Å². The van der Waals surface area contributed by atoms with Crippen LogP contribution in [0.1, 0.15) is 38.8 Å². The van der Waals surface area contributed by atoms with E-state index in [1.165, 1.54) is 11.1 Å². The molecule has 0 heterocycles. The summed E-state index contributed by atoms with van der Waals surface area (Å²) < 4.78 is 0. The Kier molecular flexibility index (Phi) is 7.24. The van der Waals surface area contributed by atoms with Crippen molar-refractivity contribution < 1.29 is 0 Å². The Morgan fingerprint density at radius 3 is 2.31 bits per heavy atom. The standard InChI is InChI=1S/C13H18S.C2H6/c1-5-11-8-6-7-9-12(11)13(2,3)10-14-4;1-2/h5-9H,1,10H2,2-4H3;1-2H3. The first kappa shape index (κ1) is 15.3. The zero-order chi connectivity index (χ0) is 12.6. The minimum absolute atomic E-state index is 0.226. The maximum atomic E-state index is 3.86. The molecule has 0 aliphatic rings. The van der Waals surface area contributed by atoms with Gasteiger partial charge in [-0.2, -0.15) is 11.8 Å². The van der Waals surface area contributed by atoms with Crippen LogP contribution in [-0.4, -0.2) is 12.0 Å². The van der Waals surface area contributed by atoms with Crippen molar-refractivity contribution in [1.82, 2.24) is 0 Å². The van der Waals surface area contributed by atoms with Gasteiger partial charge in [0.1, 0.15) is 0 Å². The molecule has 1 heteroatoms. The lowest BCUT2D eigenvalue weighted by Crippen LogP contribution is -2.21. The van der Waals surface area contributed by atoms with Gasteiger partial charge in [0.05, 0.1) is 0 Å². The molecule has 0 saturated heterocycles. The Balaban J connectivity index is 0.00000106. The van der Waals surface area contributed by atoms with E-state index < -0.39 is 0 Å². The molecule has 0 unspecified atom stereocenters. The molecular formula is C15H24S. The summed E-state index contributed by atoms with van der Waals surface area (Å²) in [6.45, 7) is 12.4. The van der Waals surface area contributed by atoms with Gasteiger partial charge in [0.2, 0.25) is 0 Å². The maximum absolute atomic E-state index is 3.86. The van der Waals surface area contributed by atoms with Gasteiger partial charge in [-0.1, -0.05) is 64.6 Å². The van der Waals surface area contributed by atoms with Crippen LogP contribution in [-0.2, 0) is 5.41 Å². The van der Waals surface area contributed by atoms with Crippen molar-refractivity contribution in [2.75, 3.05) is 12.0 Å². The lowest BCUT2D eigenvalue weighted by molar-refractivity contribution is 0.601. The van der Waals surface area contributed by atoms with E-state index in [4.69, 9.17) is 0 Å². The largest absolute Gasteiger partial charge is 0.165 e. The zero-order valence-electron chi connectivity index (χ0n) is 11.2. The smallest absolute Gasteiger partial charge is 0.00220 e. The second kappa shape index (κ2) is 7.56. The van der Waals surface area contributed by atoms with Crippen molar-refractivity contribution in [3.8, 4) is 0 Å². The second-order valence-corrected chi connectivity index (χ2v) is 4.97. The van der Waals surface area contributed by atoms with Gasteiger partial charge in [0.25, 0.3) is 0 Å². The predicted octanol–water partition coefficient (Wildman–Crippen LogP) is 5.00. The fraction of sp³-hybridized carbons (Fsp3) is 0.467. The minimum atomic E-state index is 0.226. The Morgan fingerprint density at radius 2 is 1.81 bits per heavy atom. The van der Waals surface area contributed by atoms with Crippen molar-refractivity contribution >= 4 is 17.8 Å². The summed E-state index contributed by atoms with van der Waals surface area (Å²) >= 11 is 1.89. The third kappa shape index (κ3) is 4.05. The molecule has 0 radical (unpaired) electrons. The molecule has 1 aromatic carbocycles. The Morgan fingerprint density at radius 1 is 1.25 bits per heavy atom. The first-order valence-corrected chi connectivity index (χ1v) is 7.22. The van der Waals surface area contributed by atoms with E-state index in [1.807, 2.05) is 31.7 Å². The molecule has 1 aromatic rings. The van der Waals surface area contributed by atoms with Gasteiger partial charge in [-0.25, -0.2) is 0 Å². The van der Waals surface area contributed by atoms with Crippen LogP contribution >= 0.6 is 11.8 Å². The van der Waals surface area contributed by atoms with Gasteiger partial charge >= 0.3 is 0 Å². The molecule has 1 rings (SSSR count). The quantitative estimate of drug-likeness (QED) is 0.709. The number of rotatable bonds is 4. The third-order valence-electron chi connectivity index (χ3n) is 2.42. The van der Waals surface area contributed by atoms with Crippen LogP contribution in [0.2, 0.25) is 0 Å². The van der Waals surface area contributed by atoms with Gasteiger partial charge in [0, 0.05) is 5.75 Å². The highest BCUT2D eigenvalue weighted by molar-refractivity contribution is 7.98. The molecule has 0 saturated carbocycles. The summed E-state index contributed by atoms with van der Waals surface area (Å²) in [5, 5.41) is 0. The fourth-order valence-corrected chi connectivity index (χ4v) is 2.61. The summed E-state index contributed by atoms with van der Waals surface area (Å²) in [6, 6.07) is 8.50. The molecule has 0 N–H and O–H groups in total. The van der Waals surface area contributed by atoms with Gasteiger partial charge in [-0.3, -0.25) is 0 Å². The van der Waals surface area contributed by atoms with Crippen LogP contribution in [0.3, 0.4) is 0 Å². The monoisotopic (exact) mass is 236 g/mol. The van der Waals surface area contributed by atoms with Gasteiger partial charge < -0.3 is 0 Å². The summed E-state index contributed by atoms with van der Waals surface area (Å²) in [6.07, 6.45) is 4.09. The van der Waals surface area contributed by atoms with Crippen molar-refractivity contribution in [2.24, 2.45) is 0 Å². The number of thioether (sulfide) groups is 1. The van der Waals surface area contributed by atoms with Crippen molar-refractivity contribution in [3.63, 3.8) is 0 Å². The summed E-state index contributed by atoms with van der Waals surface area (Å²) in [5.74, 6) is 1.14. The van der Waals surface area contributed by atoms with Crippen LogP contribution < -0.4 is 0 Å². The maximum Gasteiger partial charge on any atom is 0.00220 e. The third-order valence-corrected chi connectivity index (χ3v) is 3.43. The van der Waals surface area contributed by atoms with Crippen LogP contribution in [0.4, 0.5) is 0 Å². The minimum Gasteiger partial charge on any atom is -0.165 e. The normalized spacial score (nSPS) is 10.3. The molecule has 0 aliphatic heterocycles. The second-order valence-electron chi connectivity index (χ2n) is 4.11.